The summed E-state index contributed by atoms with van der Waals surface area (Å²) in [6.45, 7) is 0. The molecule has 0 amide bonds. The Kier molecular flexibility index (Phi) is 3.76. The summed E-state index contributed by atoms with van der Waals surface area (Å²) < 4.78 is 27.2. The van der Waals surface area contributed by atoms with E-state index in [-0.39, 0.29) is 17.3 Å². The van der Waals surface area contributed by atoms with Crippen LogP contribution in [0, 0.1) is 11.6 Å². The van der Waals surface area contributed by atoms with Crippen LogP contribution in [0.25, 0.3) is 0 Å². The molecular formula is C13H9ClF2N2O. The van der Waals surface area contributed by atoms with E-state index in [1.165, 1.54) is 0 Å². The van der Waals surface area contributed by atoms with Crippen molar-refractivity contribution < 1.29 is 13.6 Å². The van der Waals surface area contributed by atoms with Gasteiger partial charge in [0, 0.05) is 0 Å². The van der Waals surface area contributed by atoms with E-state index in [0.717, 1.165) is 12.1 Å². The van der Waals surface area contributed by atoms with Crippen LogP contribution < -0.4 is 5.73 Å². The average Bonchev–Trinajstić information content (AvgIpc) is 2.34. The summed E-state index contributed by atoms with van der Waals surface area (Å²) in [6.07, 6.45) is -0.251. The number of halogens is 3. The van der Waals surface area contributed by atoms with E-state index in [0.29, 0.717) is 5.69 Å². The van der Waals surface area contributed by atoms with Crippen molar-refractivity contribution >= 4 is 23.2 Å². The maximum atomic E-state index is 13.7. The van der Waals surface area contributed by atoms with E-state index in [1.807, 2.05) is 0 Å². The predicted molar refractivity (Wildman–Crippen MR) is 68.1 cm³/mol. The molecule has 0 aliphatic carbocycles. The molecule has 0 atom stereocenters. The van der Waals surface area contributed by atoms with Crippen molar-refractivity contribution in [2.75, 3.05) is 5.73 Å². The number of carbonyl (C=O) groups excluding carboxylic acids is 1. The highest BCUT2D eigenvalue weighted by molar-refractivity contribution is 6.31. The summed E-state index contributed by atoms with van der Waals surface area (Å²) in [7, 11) is 0. The molecule has 2 aromatic rings. The second kappa shape index (κ2) is 5.32. The van der Waals surface area contributed by atoms with Gasteiger partial charge in [-0.05, 0) is 24.3 Å². The number of hydrogen-bond acceptors (Lipinski definition) is 3. The van der Waals surface area contributed by atoms with Gasteiger partial charge in [0.15, 0.2) is 11.6 Å². The first-order valence-corrected chi connectivity index (χ1v) is 5.75. The second-order valence-corrected chi connectivity index (χ2v) is 4.28. The smallest absolute Gasteiger partial charge is 0.174 e. The molecule has 6 heteroatoms. The van der Waals surface area contributed by atoms with E-state index in [1.54, 1.807) is 18.2 Å². The van der Waals surface area contributed by atoms with Gasteiger partial charge in [-0.25, -0.2) is 13.8 Å². The number of hydrogen-bond donors (Lipinski definition) is 1. The van der Waals surface area contributed by atoms with Gasteiger partial charge >= 0.3 is 0 Å². The fourth-order valence-corrected chi connectivity index (χ4v) is 1.79. The highest BCUT2D eigenvalue weighted by Crippen LogP contribution is 2.22. The molecular weight excluding hydrogens is 274 g/mol. The topological polar surface area (TPSA) is 56.0 Å². The summed E-state index contributed by atoms with van der Waals surface area (Å²) in [5.74, 6) is -2.51. The Bertz CT molecular complexity index is 647. The Morgan fingerprint density at radius 1 is 1.26 bits per heavy atom. The highest BCUT2D eigenvalue weighted by atomic mass is 35.5. The lowest BCUT2D eigenvalue weighted by Crippen LogP contribution is -2.11. The van der Waals surface area contributed by atoms with Gasteiger partial charge in [-0.15, -0.1) is 0 Å². The molecule has 0 bridgehead atoms. The molecule has 3 nitrogen and oxygen atoms in total. The van der Waals surface area contributed by atoms with Gasteiger partial charge in [0.2, 0.25) is 0 Å². The number of nitrogen functional groups attached to an aromatic ring is 1. The Morgan fingerprint density at radius 2 is 2.00 bits per heavy atom. The van der Waals surface area contributed by atoms with Crippen LogP contribution in [0.5, 0.6) is 0 Å². The minimum absolute atomic E-state index is 0.234. The van der Waals surface area contributed by atoms with Gasteiger partial charge in [-0.1, -0.05) is 17.7 Å². The van der Waals surface area contributed by atoms with Crippen molar-refractivity contribution in [1.82, 2.24) is 4.98 Å². The van der Waals surface area contributed by atoms with Crippen LogP contribution in [0.4, 0.5) is 14.6 Å². The molecule has 2 N–H and O–H groups in total. The van der Waals surface area contributed by atoms with Crippen LogP contribution in [0.2, 0.25) is 5.02 Å². The largest absolute Gasteiger partial charge is 0.384 e. The second-order valence-electron chi connectivity index (χ2n) is 3.87. The number of nitrogens with two attached hydrogens (primary N) is 1. The molecule has 0 aliphatic heterocycles. The fourth-order valence-electron chi connectivity index (χ4n) is 1.63. The Hall–Kier alpha value is -2.01. The van der Waals surface area contributed by atoms with Gasteiger partial charge in [0.05, 0.1) is 22.7 Å². The van der Waals surface area contributed by atoms with E-state index in [4.69, 9.17) is 17.3 Å². The number of carbonyl (C=O) groups is 1. The number of pyridine rings is 1. The first-order chi connectivity index (χ1) is 8.99. The lowest BCUT2D eigenvalue weighted by Gasteiger charge is -2.05. The van der Waals surface area contributed by atoms with E-state index < -0.39 is 23.0 Å². The predicted octanol–water partition coefficient (Wildman–Crippen LogP) is 3.02. The van der Waals surface area contributed by atoms with Crippen molar-refractivity contribution in [3.8, 4) is 0 Å². The normalized spacial score (nSPS) is 10.5. The monoisotopic (exact) mass is 282 g/mol. The average molecular weight is 283 g/mol. The third kappa shape index (κ3) is 2.88. The minimum Gasteiger partial charge on any atom is -0.384 e. The third-order valence-corrected chi connectivity index (χ3v) is 2.78. The highest BCUT2D eigenvalue weighted by Gasteiger charge is 2.20. The first kappa shape index (κ1) is 13.4. The fraction of sp³-hybridized carbons (Fsp3) is 0.0769. The number of Topliss-reactive ketones (excluding diaryl/α,β-unsaturated/α-hetero) is 1. The first-order valence-electron chi connectivity index (χ1n) is 5.37. The Morgan fingerprint density at radius 3 is 2.68 bits per heavy atom. The van der Waals surface area contributed by atoms with Crippen molar-refractivity contribution in [2.24, 2.45) is 0 Å². The number of rotatable bonds is 3. The molecule has 0 unspecified atom stereocenters. The van der Waals surface area contributed by atoms with Gasteiger partial charge < -0.3 is 5.73 Å². The Labute approximate surface area is 113 Å². The quantitative estimate of drug-likeness (QED) is 0.695. The number of aromatic nitrogens is 1. The number of benzene rings is 1. The molecule has 19 heavy (non-hydrogen) atoms. The molecule has 2 rings (SSSR count). The molecule has 0 radical (unpaired) electrons. The lowest BCUT2D eigenvalue weighted by atomic mass is 10.0. The number of nitrogens with zero attached hydrogens (tertiary/aromatic N) is 1. The SMILES string of the molecule is Nc1cccc(CC(=O)c2c(F)ccc(Cl)c2F)n1. The summed E-state index contributed by atoms with van der Waals surface area (Å²) in [4.78, 5) is 15.8. The summed E-state index contributed by atoms with van der Waals surface area (Å²) >= 11 is 5.53. The minimum atomic E-state index is -1.06. The van der Waals surface area contributed by atoms with Crippen molar-refractivity contribution in [3.63, 3.8) is 0 Å². The maximum Gasteiger partial charge on any atom is 0.174 e. The van der Waals surface area contributed by atoms with Gasteiger partial charge in [-0.2, -0.15) is 0 Å². The van der Waals surface area contributed by atoms with Gasteiger partial charge in [0.25, 0.3) is 0 Å². The van der Waals surface area contributed by atoms with Gasteiger partial charge in [-0.3, -0.25) is 4.79 Å². The summed E-state index contributed by atoms with van der Waals surface area (Å²) in [6, 6.07) is 6.71. The summed E-state index contributed by atoms with van der Waals surface area (Å²) in [5, 5.41) is -0.301. The summed E-state index contributed by atoms with van der Waals surface area (Å²) in [5.41, 5.74) is 5.15. The molecule has 0 saturated carbocycles. The molecule has 0 spiro atoms. The molecule has 0 saturated heterocycles. The molecule has 98 valence electrons. The zero-order chi connectivity index (χ0) is 14.0. The molecule has 1 aromatic carbocycles. The van der Waals surface area contributed by atoms with Crippen LogP contribution in [0.15, 0.2) is 30.3 Å². The molecule has 1 aromatic heterocycles. The molecule has 0 aliphatic rings. The third-order valence-electron chi connectivity index (χ3n) is 2.49. The van der Waals surface area contributed by atoms with E-state index in [2.05, 4.69) is 4.98 Å². The zero-order valence-electron chi connectivity index (χ0n) is 9.66. The van der Waals surface area contributed by atoms with Crippen molar-refractivity contribution in [3.05, 3.63) is 58.2 Å². The van der Waals surface area contributed by atoms with Crippen LogP contribution in [0.3, 0.4) is 0 Å². The van der Waals surface area contributed by atoms with E-state index in [9.17, 15) is 13.6 Å². The lowest BCUT2D eigenvalue weighted by molar-refractivity contribution is 0.0984. The van der Waals surface area contributed by atoms with Crippen LogP contribution in [0.1, 0.15) is 16.1 Å². The van der Waals surface area contributed by atoms with E-state index >= 15 is 0 Å². The standard InChI is InChI=1S/C13H9ClF2N2O/c14-8-4-5-9(15)12(13(8)16)10(19)6-7-2-1-3-11(17)18-7/h1-5H,6H2,(H2,17,18). The zero-order valence-corrected chi connectivity index (χ0v) is 10.4. The molecule has 0 fully saturated rings. The van der Waals surface area contributed by atoms with Crippen LogP contribution in [-0.4, -0.2) is 10.8 Å². The van der Waals surface area contributed by atoms with Gasteiger partial charge in [0.1, 0.15) is 11.6 Å². The number of anilines is 1. The molecule has 1 heterocycles. The van der Waals surface area contributed by atoms with Crippen molar-refractivity contribution in [1.29, 1.82) is 0 Å². The Balaban J connectivity index is 2.33. The van der Waals surface area contributed by atoms with Crippen molar-refractivity contribution in [2.45, 2.75) is 6.42 Å². The maximum absolute atomic E-state index is 13.7. The number of ketones is 1. The van der Waals surface area contributed by atoms with Crippen LogP contribution in [-0.2, 0) is 6.42 Å². The van der Waals surface area contributed by atoms with Crippen LogP contribution >= 0.6 is 11.6 Å².